The van der Waals surface area contributed by atoms with Crippen molar-refractivity contribution in [3.05, 3.63) is 103 Å². The summed E-state index contributed by atoms with van der Waals surface area (Å²) in [7, 11) is -2.96. The maximum Gasteiger partial charge on any atom is 0.147 e. The number of fused-ring (bicyclic) bond motifs is 3. The summed E-state index contributed by atoms with van der Waals surface area (Å²) < 4.78 is 15.7. The quantitative estimate of drug-likeness (QED) is 0.299. The van der Waals surface area contributed by atoms with Crippen LogP contribution < -0.4 is 10.6 Å². The molecule has 6 rings (SSSR count). The molecule has 34 heavy (non-hydrogen) atoms. The van der Waals surface area contributed by atoms with E-state index in [9.17, 15) is 0 Å². The molecule has 1 unspecified atom stereocenters. The Morgan fingerprint density at radius 1 is 0.765 bits per heavy atom. The van der Waals surface area contributed by atoms with Gasteiger partial charge in [-0.25, -0.2) is 0 Å². The summed E-state index contributed by atoms with van der Waals surface area (Å²) in [5, 5.41) is 3.11. The molecule has 2 aliphatic carbocycles. The third-order valence-corrected chi connectivity index (χ3v) is 13.1. The monoisotopic (exact) mass is 465 g/mol. The Morgan fingerprint density at radius 3 is 2.00 bits per heavy atom. The van der Waals surface area contributed by atoms with Crippen LogP contribution in [-0.4, -0.2) is 10.6 Å². The first kappa shape index (κ1) is 21.8. The molecule has 0 spiro atoms. The Bertz CT molecular complexity index is 1350. The van der Waals surface area contributed by atoms with Crippen LogP contribution in [0.2, 0.25) is 0 Å². The summed E-state index contributed by atoms with van der Waals surface area (Å²) >= 11 is 0. The third-order valence-electron chi connectivity index (χ3n) is 9.45. The molecule has 0 saturated heterocycles. The van der Waals surface area contributed by atoms with E-state index in [4.69, 9.17) is 4.98 Å². The van der Waals surface area contributed by atoms with E-state index in [1.54, 1.807) is 0 Å². The molecule has 0 N–H and O–H groups in total. The molecular formula is C31H32NOP. The first-order valence-electron chi connectivity index (χ1n) is 12.4. The van der Waals surface area contributed by atoms with Gasteiger partial charge in [0.05, 0.1) is 5.52 Å². The van der Waals surface area contributed by atoms with Crippen molar-refractivity contribution in [2.45, 2.75) is 45.2 Å². The van der Waals surface area contributed by atoms with E-state index in [1.165, 1.54) is 0 Å². The molecule has 2 nitrogen and oxygen atoms in total. The second kappa shape index (κ2) is 7.65. The molecule has 3 heteroatoms. The molecule has 0 amide bonds. The van der Waals surface area contributed by atoms with Gasteiger partial charge in [-0.05, 0) is 41.7 Å². The number of hydrogen-bond acceptors (Lipinski definition) is 2. The van der Waals surface area contributed by atoms with Gasteiger partial charge in [0, 0.05) is 33.3 Å². The van der Waals surface area contributed by atoms with Gasteiger partial charge in [0.2, 0.25) is 0 Å². The number of pyridine rings is 1. The van der Waals surface area contributed by atoms with Crippen LogP contribution in [0.5, 0.6) is 0 Å². The van der Waals surface area contributed by atoms with Crippen LogP contribution in [0, 0.1) is 16.7 Å². The third kappa shape index (κ3) is 2.88. The van der Waals surface area contributed by atoms with Crippen molar-refractivity contribution in [3.63, 3.8) is 0 Å². The lowest BCUT2D eigenvalue weighted by atomic mass is 9.66. The van der Waals surface area contributed by atoms with E-state index in [0.717, 1.165) is 40.0 Å². The Kier molecular flexibility index (Phi) is 4.91. The molecular weight excluding hydrogens is 433 g/mol. The van der Waals surface area contributed by atoms with E-state index in [1.807, 2.05) is 36.4 Å². The van der Waals surface area contributed by atoms with Gasteiger partial charge in [-0.2, -0.15) is 0 Å². The average molecular weight is 466 g/mol. The number of para-hydroxylation sites is 1. The second-order valence-electron chi connectivity index (χ2n) is 11.0. The van der Waals surface area contributed by atoms with Crippen LogP contribution in [0.25, 0.3) is 10.9 Å². The fourth-order valence-electron chi connectivity index (χ4n) is 7.34. The van der Waals surface area contributed by atoms with Gasteiger partial charge in [0.25, 0.3) is 0 Å². The van der Waals surface area contributed by atoms with Gasteiger partial charge in [-0.3, -0.25) is 4.98 Å². The normalized spacial score (nSPS) is 27.8. The van der Waals surface area contributed by atoms with Crippen LogP contribution in [0.4, 0.5) is 0 Å². The highest BCUT2D eigenvalue weighted by atomic mass is 31.2. The predicted octanol–water partition coefficient (Wildman–Crippen LogP) is 7.16. The molecule has 2 bridgehead atoms. The van der Waals surface area contributed by atoms with Gasteiger partial charge < -0.3 is 4.57 Å². The standard InChI is InChI=1S/C31H32NOP/c1-30(2)25-20-21-31(30,3)28(27-19-18-22-12-10-11-17-26(22)32-27)29(25)34(33,23-13-6-4-7-14-23)24-15-8-5-9-16-24/h4-19,25,28-29H,20-21H2,1-3H3/t25?,28-,29-,31-/m0/s1. The molecule has 0 aliphatic heterocycles. The highest BCUT2D eigenvalue weighted by Crippen LogP contribution is 2.78. The molecule has 1 heterocycles. The first-order chi connectivity index (χ1) is 16.4. The van der Waals surface area contributed by atoms with Gasteiger partial charge in [0.1, 0.15) is 7.14 Å². The highest BCUT2D eigenvalue weighted by Gasteiger charge is 2.70. The summed E-state index contributed by atoms with van der Waals surface area (Å²) in [5.74, 6) is 0.513. The van der Waals surface area contributed by atoms with Crippen LogP contribution >= 0.6 is 7.14 Å². The number of aromatic nitrogens is 1. The van der Waals surface area contributed by atoms with Crippen molar-refractivity contribution in [3.8, 4) is 0 Å². The Balaban J connectivity index is 1.63. The second-order valence-corrected chi connectivity index (χ2v) is 14.0. The topological polar surface area (TPSA) is 30.0 Å². The fourth-order valence-corrected chi connectivity index (χ4v) is 11.5. The van der Waals surface area contributed by atoms with Crippen molar-refractivity contribution in [2.75, 3.05) is 0 Å². The zero-order chi connectivity index (χ0) is 23.6. The largest absolute Gasteiger partial charge is 0.313 e. The molecule has 0 radical (unpaired) electrons. The minimum Gasteiger partial charge on any atom is -0.313 e. The molecule has 4 atom stereocenters. The van der Waals surface area contributed by atoms with Crippen LogP contribution in [-0.2, 0) is 4.57 Å². The molecule has 2 fully saturated rings. The lowest BCUT2D eigenvalue weighted by molar-refractivity contribution is 0.133. The lowest BCUT2D eigenvalue weighted by Gasteiger charge is -2.42. The summed E-state index contributed by atoms with van der Waals surface area (Å²) in [6.45, 7) is 7.27. The zero-order valence-corrected chi connectivity index (χ0v) is 21.1. The molecule has 2 saturated carbocycles. The Morgan fingerprint density at radius 2 is 1.35 bits per heavy atom. The van der Waals surface area contributed by atoms with E-state index < -0.39 is 7.14 Å². The molecule has 2 aliphatic rings. The highest BCUT2D eigenvalue weighted by molar-refractivity contribution is 7.79. The lowest BCUT2D eigenvalue weighted by Crippen LogP contribution is -2.37. The fraction of sp³-hybridized carbons (Fsp3) is 0.323. The van der Waals surface area contributed by atoms with E-state index in [2.05, 4.69) is 81.4 Å². The number of hydrogen-bond donors (Lipinski definition) is 0. The van der Waals surface area contributed by atoms with E-state index in [0.29, 0.717) is 5.92 Å². The summed E-state index contributed by atoms with van der Waals surface area (Å²) in [6, 6.07) is 33.3. The predicted molar refractivity (Wildman–Crippen MR) is 143 cm³/mol. The SMILES string of the molecule is CC1(C)C2CC[C@@]1(C)[C@@H](c1ccc3ccccc3n1)[C@H]2P(=O)(c1ccccc1)c1ccccc1. The van der Waals surface area contributed by atoms with Gasteiger partial charge in [0.15, 0.2) is 0 Å². The maximum absolute atomic E-state index is 15.7. The zero-order valence-electron chi connectivity index (χ0n) is 20.2. The number of benzene rings is 3. The first-order valence-corrected chi connectivity index (χ1v) is 14.2. The smallest absolute Gasteiger partial charge is 0.147 e. The number of rotatable bonds is 4. The average Bonchev–Trinajstić information content (AvgIpc) is 3.21. The minimum atomic E-state index is -2.96. The molecule has 4 aromatic rings. The van der Waals surface area contributed by atoms with Crippen molar-refractivity contribution in [1.29, 1.82) is 0 Å². The summed E-state index contributed by atoms with van der Waals surface area (Å²) in [5.41, 5.74) is 2.27. The maximum atomic E-state index is 15.7. The van der Waals surface area contributed by atoms with Crippen molar-refractivity contribution >= 4 is 28.7 Å². The van der Waals surface area contributed by atoms with Gasteiger partial charge >= 0.3 is 0 Å². The van der Waals surface area contributed by atoms with E-state index in [-0.39, 0.29) is 22.4 Å². The Hall–Kier alpha value is -2.70. The van der Waals surface area contributed by atoms with Crippen LogP contribution in [0.3, 0.4) is 0 Å². The number of nitrogens with zero attached hydrogens (tertiary/aromatic N) is 1. The van der Waals surface area contributed by atoms with Crippen molar-refractivity contribution in [2.24, 2.45) is 16.7 Å². The van der Waals surface area contributed by atoms with Crippen LogP contribution in [0.15, 0.2) is 97.1 Å². The summed E-state index contributed by atoms with van der Waals surface area (Å²) in [6.07, 6.45) is 2.28. The minimum absolute atomic E-state index is 0.0275. The van der Waals surface area contributed by atoms with Crippen molar-refractivity contribution in [1.82, 2.24) is 4.98 Å². The molecule has 1 aromatic heterocycles. The van der Waals surface area contributed by atoms with Crippen molar-refractivity contribution < 1.29 is 4.57 Å². The van der Waals surface area contributed by atoms with Gasteiger partial charge in [-0.1, -0.05) is 106 Å². The Labute approximate surface area is 202 Å². The molecule has 172 valence electrons. The van der Waals surface area contributed by atoms with Crippen LogP contribution in [0.1, 0.15) is 45.2 Å². The van der Waals surface area contributed by atoms with E-state index >= 15 is 4.57 Å². The summed E-state index contributed by atoms with van der Waals surface area (Å²) in [4.78, 5) is 5.22. The molecule has 3 aromatic carbocycles. The van der Waals surface area contributed by atoms with Gasteiger partial charge in [-0.15, -0.1) is 0 Å².